The number of rotatable bonds is 6. The number of aliphatic hydroxyl groups is 1. The highest BCUT2D eigenvalue weighted by molar-refractivity contribution is 5.13. The Kier molecular flexibility index (Phi) is 5.43. The third kappa shape index (κ3) is 4.73. The maximum absolute atomic E-state index is 9.27. The fourth-order valence-corrected chi connectivity index (χ4v) is 1.81. The van der Waals surface area contributed by atoms with Crippen LogP contribution < -0.4 is 5.32 Å². The quantitative estimate of drug-likeness (QED) is 0.775. The van der Waals surface area contributed by atoms with Gasteiger partial charge in [0.15, 0.2) is 0 Å². The summed E-state index contributed by atoms with van der Waals surface area (Å²) in [5.41, 5.74) is 1.25. The first-order chi connectivity index (χ1) is 7.59. The van der Waals surface area contributed by atoms with Crippen molar-refractivity contribution in [3.8, 4) is 0 Å². The fraction of sp³-hybridized carbons (Fsp3) is 0.615. The molecule has 0 saturated heterocycles. The van der Waals surface area contributed by atoms with E-state index in [1.807, 2.05) is 31.5 Å². The summed E-state index contributed by atoms with van der Waals surface area (Å²) < 4.78 is 0. The van der Waals surface area contributed by atoms with E-state index >= 15 is 0 Å². The van der Waals surface area contributed by atoms with Crippen LogP contribution in [0, 0.1) is 5.92 Å². The molecule has 0 saturated carbocycles. The van der Waals surface area contributed by atoms with Crippen molar-refractivity contribution in [2.75, 3.05) is 6.54 Å². The van der Waals surface area contributed by atoms with Crippen LogP contribution in [0.2, 0.25) is 0 Å². The smallest absolute Gasteiger partial charge is 0.0515 e. The fourth-order valence-electron chi connectivity index (χ4n) is 1.81. The average molecular weight is 222 g/mol. The molecular weight excluding hydrogens is 200 g/mol. The van der Waals surface area contributed by atoms with Crippen LogP contribution in [-0.4, -0.2) is 22.7 Å². The Labute approximate surface area is 97.9 Å². The van der Waals surface area contributed by atoms with Gasteiger partial charge in [0.1, 0.15) is 0 Å². The molecule has 1 heterocycles. The van der Waals surface area contributed by atoms with Crippen LogP contribution in [0.3, 0.4) is 0 Å². The highest BCUT2D eigenvalue weighted by Crippen LogP contribution is 2.12. The first-order valence-corrected chi connectivity index (χ1v) is 5.91. The zero-order chi connectivity index (χ0) is 12.0. The molecule has 3 atom stereocenters. The molecule has 0 amide bonds. The first kappa shape index (κ1) is 13.1. The molecule has 0 bridgehead atoms. The average Bonchev–Trinajstić information content (AvgIpc) is 2.26. The molecule has 0 aromatic carbocycles. The minimum atomic E-state index is -0.215. The Morgan fingerprint density at radius 2 is 1.88 bits per heavy atom. The summed E-state index contributed by atoms with van der Waals surface area (Å²) in [4.78, 5) is 4.00. The summed E-state index contributed by atoms with van der Waals surface area (Å²) in [7, 11) is 0. The molecule has 0 aliphatic rings. The Balaban J connectivity index is 2.33. The summed E-state index contributed by atoms with van der Waals surface area (Å²) in [5, 5.41) is 12.7. The van der Waals surface area contributed by atoms with Gasteiger partial charge in [-0.05, 0) is 50.4 Å². The number of aromatic nitrogens is 1. The first-order valence-electron chi connectivity index (χ1n) is 5.91. The maximum Gasteiger partial charge on any atom is 0.0515 e. The minimum Gasteiger partial charge on any atom is -0.393 e. The third-order valence-electron chi connectivity index (χ3n) is 2.72. The van der Waals surface area contributed by atoms with Crippen LogP contribution in [-0.2, 0) is 0 Å². The molecule has 1 rings (SSSR count). The van der Waals surface area contributed by atoms with Crippen molar-refractivity contribution in [1.29, 1.82) is 0 Å². The van der Waals surface area contributed by atoms with E-state index in [0.717, 1.165) is 13.0 Å². The van der Waals surface area contributed by atoms with Gasteiger partial charge in [-0.25, -0.2) is 0 Å². The number of hydrogen-bond acceptors (Lipinski definition) is 3. The second kappa shape index (κ2) is 6.61. The maximum atomic E-state index is 9.27. The van der Waals surface area contributed by atoms with Gasteiger partial charge in [0, 0.05) is 18.4 Å². The third-order valence-corrected chi connectivity index (χ3v) is 2.72. The molecule has 0 fully saturated rings. The number of nitrogens with zero attached hydrogens (tertiary/aromatic N) is 1. The van der Waals surface area contributed by atoms with Gasteiger partial charge in [-0.15, -0.1) is 0 Å². The monoisotopic (exact) mass is 222 g/mol. The number of hydrogen-bond donors (Lipinski definition) is 2. The highest BCUT2D eigenvalue weighted by atomic mass is 16.3. The second-order valence-electron chi connectivity index (χ2n) is 4.60. The van der Waals surface area contributed by atoms with E-state index in [1.165, 1.54) is 5.56 Å². The molecule has 3 heteroatoms. The molecular formula is C13H22N2O. The van der Waals surface area contributed by atoms with Gasteiger partial charge >= 0.3 is 0 Å². The van der Waals surface area contributed by atoms with Crippen molar-refractivity contribution in [1.82, 2.24) is 10.3 Å². The molecule has 3 nitrogen and oxygen atoms in total. The summed E-state index contributed by atoms with van der Waals surface area (Å²) in [6, 6.07) is 4.38. The van der Waals surface area contributed by atoms with Crippen LogP contribution in [0.15, 0.2) is 24.5 Å². The van der Waals surface area contributed by atoms with Gasteiger partial charge in [0.05, 0.1) is 6.10 Å². The molecule has 0 spiro atoms. The summed E-state index contributed by atoms with van der Waals surface area (Å²) in [6.07, 6.45) is 4.25. The second-order valence-corrected chi connectivity index (χ2v) is 4.60. The Hall–Kier alpha value is -0.930. The van der Waals surface area contributed by atoms with Gasteiger partial charge < -0.3 is 10.4 Å². The molecule has 2 N–H and O–H groups in total. The number of pyridine rings is 1. The van der Waals surface area contributed by atoms with Crippen LogP contribution in [0.1, 0.15) is 38.8 Å². The zero-order valence-electron chi connectivity index (χ0n) is 10.4. The SMILES string of the molecule is CC(O)CC(C)CNC(C)c1ccncc1. The molecule has 0 aliphatic carbocycles. The van der Waals surface area contributed by atoms with Gasteiger partial charge in [-0.3, -0.25) is 4.98 Å². The molecule has 90 valence electrons. The molecule has 3 unspecified atom stereocenters. The Bertz CT molecular complexity index is 287. The number of nitrogens with one attached hydrogen (secondary N) is 1. The van der Waals surface area contributed by atoms with Gasteiger partial charge in [0.25, 0.3) is 0 Å². The van der Waals surface area contributed by atoms with Crippen molar-refractivity contribution in [3.05, 3.63) is 30.1 Å². The summed E-state index contributed by atoms with van der Waals surface area (Å²) in [5.74, 6) is 0.490. The van der Waals surface area contributed by atoms with E-state index < -0.39 is 0 Å². The predicted molar refractivity (Wildman–Crippen MR) is 66.1 cm³/mol. The molecule has 1 aromatic rings. The minimum absolute atomic E-state index is 0.215. The normalized spacial score (nSPS) is 16.8. The van der Waals surface area contributed by atoms with Crippen LogP contribution in [0.25, 0.3) is 0 Å². The zero-order valence-corrected chi connectivity index (χ0v) is 10.4. The van der Waals surface area contributed by atoms with E-state index in [4.69, 9.17) is 0 Å². The lowest BCUT2D eigenvalue weighted by Gasteiger charge is -2.18. The van der Waals surface area contributed by atoms with Crippen molar-refractivity contribution in [2.24, 2.45) is 5.92 Å². The van der Waals surface area contributed by atoms with Crippen LogP contribution >= 0.6 is 0 Å². The molecule has 16 heavy (non-hydrogen) atoms. The summed E-state index contributed by atoms with van der Waals surface area (Å²) >= 11 is 0. The largest absolute Gasteiger partial charge is 0.393 e. The van der Waals surface area contributed by atoms with E-state index in [0.29, 0.717) is 12.0 Å². The lowest BCUT2D eigenvalue weighted by Crippen LogP contribution is -2.26. The Morgan fingerprint density at radius 3 is 2.44 bits per heavy atom. The molecule has 1 aromatic heterocycles. The highest BCUT2D eigenvalue weighted by Gasteiger charge is 2.09. The van der Waals surface area contributed by atoms with Gasteiger partial charge in [-0.1, -0.05) is 6.92 Å². The lowest BCUT2D eigenvalue weighted by molar-refractivity contribution is 0.162. The van der Waals surface area contributed by atoms with E-state index in [9.17, 15) is 5.11 Å². The van der Waals surface area contributed by atoms with E-state index in [2.05, 4.69) is 24.1 Å². The van der Waals surface area contributed by atoms with Crippen molar-refractivity contribution >= 4 is 0 Å². The van der Waals surface area contributed by atoms with Gasteiger partial charge in [-0.2, -0.15) is 0 Å². The summed E-state index contributed by atoms with van der Waals surface area (Å²) in [6.45, 7) is 7.06. The Morgan fingerprint density at radius 1 is 1.25 bits per heavy atom. The van der Waals surface area contributed by atoms with E-state index in [-0.39, 0.29) is 6.10 Å². The molecule has 0 radical (unpaired) electrons. The van der Waals surface area contributed by atoms with E-state index in [1.54, 1.807) is 0 Å². The standard InChI is InChI=1S/C13H22N2O/c1-10(8-11(2)16)9-15-12(3)13-4-6-14-7-5-13/h4-7,10-12,15-16H,8-9H2,1-3H3. The predicted octanol–water partition coefficient (Wildman–Crippen LogP) is 2.14. The lowest BCUT2D eigenvalue weighted by atomic mass is 10.0. The van der Waals surface area contributed by atoms with Crippen molar-refractivity contribution in [3.63, 3.8) is 0 Å². The van der Waals surface area contributed by atoms with Crippen LogP contribution in [0.5, 0.6) is 0 Å². The van der Waals surface area contributed by atoms with Crippen molar-refractivity contribution < 1.29 is 5.11 Å². The van der Waals surface area contributed by atoms with Gasteiger partial charge in [0.2, 0.25) is 0 Å². The topological polar surface area (TPSA) is 45.1 Å². The molecule has 0 aliphatic heterocycles. The van der Waals surface area contributed by atoms with Crippen LogP contribution in [0.4, 0.5) is 0 Å². The van der Waals surface area contributed by atoms with Crippen molar-refractivity contribution in [2.45, 2.75) is 39.3 Å². The number of aliphatic hydroxyl groups excluding tert-OH is 1.